The van der Waals surface area contributed by atoms with Crippen LogP contribution in [0.5, 0.6) is 0 Å². The highest BCUT2D eigenvalue weighted by molar-refractivity contribution is 5.96. The molecule has 0 amide bonds. The fourth-order valence-electron chi connectivity index (χ4n) is 1.96. The van der Waals surface area contributed by atoms with Crippen molar-refractivity contribution in [1.82, 2.24) is 0 Å². The summed E-state index contributed by atoms with van der Waals surface area (Å²) in [6, 6.07) is 0. The van der Waals surface area contributed by atoms with Gasteiger partial charge in [-0.2, -0.15) is 0 Å². The Labute approximate surface area is 96.3 Å². The predicted octanol–water partition coefficient (Wildman–Crippen LogP) is 1.77. The van der Waals surface area contributed by atoms with E-state index in [1.165, 1.54) is 0 Å². The summed E-state index contributed by atoms with van der Waals surface area (Å²) in [6.07, 6.45) is 2.12. The molecule has 4 nitrogen and oxygen atoms in total. The lowest BCUT2D eigenvalue weighted by atomic mass is 9.86. The molecule has 0 bridgehead atoms. The summed E-state index contributed by atoms with van der Waals surface area (Å²) in [5, 5.41) is 0. The minimum absolute atomic E-state index is 0.0332. The first kappa shape index (κ1) is 13.2. The van der Waals surface area contributed by atoms with Crippen LogP contribution >= 0.6 is 0 Å². The van der Waals surface area contributed by atoms with E-state index in [9.17, 15) is 9.59 Å². The second kappa shape index (κ2) is 5.99. The summed E-state index contributed by atoms with van der Waals surface area (Å²) < 4.78 is 10.1. The average molecular weight is 228 g/mol. The van der Waals surface area contributed by atoms with Gasteiger partial charge in [0.25, 0.3) is 0 Å². The van der Waals surface area contributed by atoms with Crippen LogP contribution in [-0.4, -0.2) is 25.2 Å². The molecular formula is C12H20O4. The highest BCUT2D eigenvalue weighted by Gasteiger charge is 2.44. The Kier molecular flexibility index (Phi) is 4.93. The zero-order valence-electron chi connectivity index (χ0n) is 10.2. The van der Waals surface area contributed by atoms with Crippen LogP contribution in [0.15, 0.2) is 0 Å². The van der Waals surface area contributed by atoms with Crippen LogP contribution in [0.3, 0.4) is 0 Å². The first-order valence-corrected chi connectivity index (χ1v) is 5.91. The van der Waals surface area contributed by atoms with Crippen LogP contribution in [0.2, 0.25) is 0 Å². The molecule has 1 aliphatic heterocycles. The van der Waals surface area contributed by atoms with Crippen molar-refractivity contribution < 1.29 is 19.1 Å². The van der Waals surface area contributed by atoms with Gasteiger partial charge in [-0.15, -0.1) is 0 Å². The van der Waals surface area contributed by atoms with Crippen LogP contribution < -0.4 is 0 Å². The third kappa shape index (κ3) is 3.04. The number of esters is 2. The third-order valence-corrected chi connectivity index (χ3v) is 3.02. The van der Waals surface area contributed by atoms with Gasteiger partial charge in [-0.1, -0.05) is 27.2 Å². The van der Waals surface area contributed by atoms with E-state index < -0.39 is 11.9 Å². The van der Waals surface area contributed by atoms with Crippen LogP contribution in [0.4, 0.5) is 0 Å². The lowest BCUT2D eigenvalue weighted by Crippen LogP contribution is -2.26. The van der Waals surface area contributed by atoms with Gasteiger partial charge in [0, 0.05) is 13.2 Å². The molecule has 1 heterocycles. The van der Waals surface area contributed by atoms with Gasteiger partial charge in [0.2, 0.25) is 0 Å². The maximum atomic E-state index is 11.4. The highest BCUT2D eigenvalue weighted by Crippen LogP contribution is 2.29. The first-order chi connectivity index (χ1) is 7.57. The summed E-state index contributed by atoms with van der Waals surface area (Å²) in [5.41, 5.74) is 0. The molecule has 1 saturated heterocycles. The molecule has 0 aromatic rings. The maximum Gasteiger partial charge on any atom is 0.317 e. The summed E-state index contributed by atoms with van der Waals surface area (Å²) in [4.78, 5) is 22.6. The van der Waals surface area contributed by atoms with Crippen molar-refractivity contribution in [2.45, 2.75) is 33.6 Å². The molecule has 0 aromatic carbocycles. The van der Waals surface area contributed by atoms with Gasteiger partial charge in [0.1, 0.15) is 0 Å². The first-order valence-electron chi connectivity index (χ1n) is 5.91. The van der Waals surface area contributed by atoms with E-state index >= 15 is 0 Å². The van der Waals surface area contributed by atoms with Crippen LogP contribution in [0.25, 0.3) is 0 Å². The zero-order valence-corrected chi connectivity index (χ0v) is 10.2. The second-order valence-electron chi connectivity index (χ2n) is 4.46. The molecule has 3 unspecified atom stereocenters. The number of hydrogen-bond acceptors (Lipinski definition) is 4. The van der Waals surface area contributed by atoms with Crippen molar-refractivity contribution in [2.24, 2.45) is 17.8 Å². The normalized spacial score (nSPS) is 26.9. The van der Waals surface area contributed by atoms with Gasteiger partial charge in [-0.05, 0) is 12.3 Å². The van der Waals surface area contributed by atoms with E-state index in [0.717, 1.165) is 12.8 Å². The van der Waals surface area contributed by atoms with E-state index in [1.54, 1.807) is 6.92 Å². The zero-order chi connectivity index (χ0) is 12.1. The van der Waals surface area contributed by atoms with Crippen LogP contribution in [0, 0.1) is 17.8 Å². The molecule has 3 atom stereocenters. The lowest BCUT2D eigenvalue weighted by molar-refractivity contribution is -0.154. The largest absolute Gasteiger partial charge is 0.393 e. The molecule has 0 radical (unpaired) electrons. The Morgan fingerprint density at radius 3 is 2.56 bits per heavy atom. The Bertz CT molecular complexity index is 262. The molecule has 0 N–H and O–H groups in total. The molecular weight excluding hydrogens is 208 g/mol. The number of unbranched alkanes of at least 4 members (excludes halogenated alkanes) is 1. The minimum Gasteiger partial charge on any atom is -0.393 e. The molecule has 1 rings (SSSR count). The van der Waals surface area contributed by atoms with Gasteiger partial charge in [-0.25, -0.2) is 0 Å². The summed E-state index contributed by atoms with van der Waals surface area (Å²) in [5.74, 6) is -1.45. The number of carbonyl (C=O) groups excluding carboxylic acids is 2. The standard InChI is InChI=1S/C12H20O4/c1-4-5-6-15-7-8(2)10-9(3)11(13)16-12(10)14/h8-10H,4-7H2,1-3H3. The van der Waals surface area contributed by atoms with Crippen molar-refractivity contribution in [2.75, 3.05) is 13.2 Å². The van der Waals surface area contributed by atoms with Gasteiger partial charge >= 0.3 is 11.9 Å². The Morgan fingerprint density at radius 2 is 2.06 bits per heavy atom. The average Bonchev–Trinajstić information content (AvgIpc) is 2.48. The maximum absolute atomic E-state index is 11.4. The van der Waals surface area contributed by atoms with Crippen LogP contribution in [-0.2, 0) is 19.1 Å². The molecule has 0 spiro atoms. The highest BCUT2D eigenvalue weighted by atomic mass is 16.6. The second-order valence-corrected chi connectivity index (χ2v) is 4.46. The molecule has 1 fully saturated rings. The van der Waals surface area contributed by atoms with Gasteiger partial charge in [-0.3, -0.25) is 9.59 Å². The minimum atomic E-state index is -0.407. The van der Waals surface area contributed by atoms with Gasteiger partial charge in [0.05, 0.1) is 11.8 Å². The quantitative estimate of drug-likeness (QED) is 0.395. The van der Waals surface area contributed by atoms with Crippen molar-refractivity contribution in [1.29, 1.82) is 0 Å². The topological polar surface area (TPSA) is 52.6 Å². The Balaban J connectivity index is 2.38. The third-order valence-electron chi connectivity index (χ3n) is 3.02. The SMILES string of the molecule is CCCCOCC(C)C1C(=O)OC(=O)C1C. The van der Waals surface area contributed by atoms with E-state index in [4.69, 9.17) is 4.74 Å². The summed E-state index contributed by atoms with van der Waals surface area (Å²) >= 11 is 0. The van der Waals surface area contributed by atoms with Crippen molar-refractivity contribution in [3.63, 3.8) is 0 Å². The van der Waals surface area contributed by atoms with E-state index in [-0.39, 0.29) is 17.8 Å². The number of hydrogen-bond donors (Lipinski definition) is 0. The number of cyclic esters (lactones) is 2. The molecule has 16 heavy (non-hydrogen) atoms. The lowest BCUT2D eigenvalue weighted by Gasteiger charge is -2.18. The fourth-order valence-corrected chi connectivity index (χ4v) is 1.96. The molecule has 0 aliphatic carbocycles. The van der Waals surface area contributed by atoms with Gasteiger partial charge in [0.15, 0.2) is 0 Å². The van der Waals surface area contributed by atoms with E-state index in [2.05, 4.69) is 11.7 Å². The number of rotatable bonds is 6. The molecule has 0 saturated carbocycles. The monoisotopic (exact) mass is 228 g/mol. The molecule has 1 aliphatic rings. The number of carbonyl (C=O) groups is 2. The smallest absolute Gasteiger partial charge is 0.317 e. The van der Waals surface area contributed by atoms with Crippen molar-refractivity contribution >= 4 is 11.9 Å². The summed E-state index contributed by atoms with van der Waals surface area (Å²) in [6.45, 7) is 6.98. The van der Waals surface area contributed by atoms with Crippen molar-refractivity contribution in [3.8, 4) is 0 Å². The molecule has 4 heteroatoms. The Morgan fingerprint density at radius 1 is 1.38 bits per heavy atom. The van der Waals surface area contributed by atoms with Crippen molar-refractivity contribution in [3.05, 3.63) is 0 Å². The molecule has 0 aromatic heterocycles. The van der Waals surface area contributed by atoms with E-state index in [0.29, 0.717) is 13.2 Å². The fraction of sp³-hybridized carbons (Fsp3) is 0.833. The molecule has 92 valence electrons. The summed E-state index contributed by atoms with van der Waals surface area (Å²) in [7, 11) is 0. The number of ether oxygens (including phenoxy) is 2. The predicted molar refractivity (Wildman–Crippen MR) is 58.6 cm³/mol. The van der Waals surface area contributed by atoms with Gasteiger partial charge < -0.3 is 9.47 Å². The Hall–Kier alpha value is -0.900. The van der Waals surface area contributed by atoms with E-state index in [1.807, 2.05) is 6.92 Å². The van der Waals surface area contributed by atoms with Crippen LogP contribution in [0.1, 0.15) is 33.6 Å².